The van der Waals surface area contributed by atoms with E-state index in [2.05, 4.69) is 44.3 Å². The van der Waals surface area contributed by atoms with Gasteiger partial charge in [-0.3, -0.25) is 0 Å². The topological polar surface area (TPSA) is 0 Å². The Bertz CT molecular complexity index is 282. The lowest BCUT2D eigenvalue weighted by molar-refractivity contribution is 0.829. The van der Waals surface area contributed by atoms with Crippen molar-refractivity contribution >= 4 is 0 Å². The van der Waals surface area contributed by atoms with E-state index in [4.69, 9.17) is 0 Å². The molecule has 0 nitrogen and oxygen atoms in total. The van der Waals surface area contributed by atoms with E-state index in [0.717, 1.165) is 6.42 Å². The van der Waals surface area contributed by atoms with Gasteiger partial charge in [0.2, 0.25) is 0 Å². The first-order valence-electron chi connectivity index (χ1n) is 4.56. The molecule has 0 radical (unpaired) electrons. The highest BCUT2D eigenvalue weighted by Gasteiger charge is 2.05. The minimum atomic E-state index is 0.415. The Hall–Kier alpha value is -1.30. The van der Waals surface area contributed by atoms with Crippen molar-refractivity contribution in [2.45, 2.75) is 19.3 Å². The van der Waals surface area contributed by atoms with Gasteiger partial charge in [0.25, 0.3) is 0 Å². The van der Waals surface area contributed by atoms with E-state index in [-0.39, 0.29) is 0 Å². The monoisotopic (exact) mass is 172 g/mol. The lowest BCUT2D eigenvalue weighted by Crippen LogP contribution is -1.94. The van der Waals surface area contributed by atoms with E-state index in [9.17, 15) is 0 Å². The molecule has 0 aliphatic heterocycles. The predicted molar refractivity (Wildman–Crippen MR) is 58.8 cm³/mol. The van der Waals surface area contributed by atoms with E-state index in [1.54, 1.807) is 0 Å². The number of benzene rings is 1. The molecule has 0 heterocycles. The van der Waals surface area contributed by atoms with Gasteiger partial charge in [-0.05, 0) is 18.9 Å². The molecule has 0 aliphatic rings. The third-order valence-electron chi connectivity index (χ3n) is 2.08. The van der Waals surface area contributed by atoms with Crippen LogP contribution >= 0.6 is 0 Å². The van der Waals surface area contributed by atoms with Gasteiger partial charge in [0.15, 0.2) is 0 Å². The van der Waals surface area contributed by atoms with Crippen LogP contribution in [-0.4, -0.2) is 0 Å². The number of hydrogen-bond acceptors (Lipinski definition) is 0. The summed E-state index contributed by atoms with van der Waals surface area (Å²) < 4.78 is 0. The maximum atomic E-state index is 3.92. The summed E-state index contributed by atoms with van der Waals surface area (Å²) in [6.45, 7) is 9.82. The van der Waals surface area contributed by atoms with Crippen LogP contribution in [0, 0.1) is 0 Å². The van der Waals surface area contributed by atoms with Crippen molar-refractivity contribution in [1.82, 2.24) is 0 Å². The quantitative estimate of drug-likeness (QED) is 0.604. The second kappa shape index (κ2) is 4.66. The van der Waals surface area contributed by atoms with E-state index >= 15 is 0 Å². The molecule has 0 saturated carbocycles. The highest BCUT2D eigenvalue weighted by Crippen LogP contribution is 2.23. The van der Waals surface area contributed by atoms with Gasteiger partial charge in [-0.2, -0.15) is 0 Å². The molecule has 1 rings (SSSR count). The van der Waals surface area contributed by atoms with Crippen LogP contribution in [-0.2, 0) is 0 Å². The highest BCUT2D eigenvalue weighted by molar-refractivity contribution is 5.24. The average Bonchev–Trinajstić information content (AvgIpc) is 2.15. The third-order valence-corrected chi connectivity index (χ3v) is 2.08. The van der Waals surface area contributed by atoms with Gasteiger partial charge >= 0.3 is 0 Å². The summed E-state index contributed by atoms with van der Waals surface area (Å²) in [5, 5.41) is 0. The fourth-order valence-electron chi connectivity index (χ4n) is 1.41. The molecule has 1 aromatic carbocycles. The summed E-state index contributed by atoms with van der Waals surface area (Å²) in [6.07, 6.45) is 2.98. The summed E-state index contributed by atoms with van der Waals surface area (Å²) in [7, 11) is 0. The van der Waals surface area contributed by atoms with Crippen LogP contribution < -0.4 is 0 Å². The summed E-state index contributed by atoms with van der Waals surface area (Å²) in [6, 6.07) is 10.4. The Morgan fingerprint density at radius 2 is 2.00 bits per heavy atom. The molecule has 0 aliphatic carbocycles. The van der Waals surface area contributed by atoms with Crippen LogP contribution in [0.15, 0.2) is 55.1 Å². The minimum Gasteiger partial charge on any atom is -0.102 e. The fraction of sp³-hybridized carbons (Fsp3) is 0.231. The van der Waals surface area contributed by atoms with Gasteiger partial charge in [0.1, 0.15) is 0 Å². The molecule has 0 bridgehead atoms. The zero-order valence-electron chi connectivity index (χ0n) is 8.16. The van der Waals surface area contributed by atoms with E-state index in [1.165, 1.54) is 11.1 Å². The van der Waals surface area contributed by atoms with Crippen molar-refractivity contribution in [2.24, 2.45) is 0 Å². The standard InChI is InChI=1S/C13H16/c1-4-12(10-11(2)3)13-8-6-5-7-9-13/h4-9,12H,1-2,10H2,3H3. The van der Waals surface area contributed by atoms with Crippen LogP contribution in [0.1, 0.15) is 24.8 Å². The maximum absolute atomic E-state index is 3.92. The molecule has 0 heteroatoms. The molecule has 0 spiro atoms. The molecule has 1 aromatic rings. The van der Waals surface area contributed by atoms with Crippen LogP contribution in [0.25, 0.3) is 0 Å². The minimum absolute atomic E-state index is 0.415. The van der Waals surface area contributed by atoms with Crippen LogP contribution in [0.3, 0.4) is 0 Å². The molecular weight excluding hydrogens is 156 g/mol. The molecule has 0 amide bonds. The second-order valence-corrected chi connectivity index (χ2v) is 3.41. The van der Waals surface area contributed by atoms with Gasteiger partial charge in [-0.1, -0.05) is 42.0 Å². The molecular formula is C13H16. The van der Waals surface area contributed by atoms with E-state index in [0.29, 0.717) is 5.92 Å². The Morgan fingerprint density at radius 1 is 1.38 bits per heavy atom. The molecule has 13 heavy (non-hydrogen) atoms. The van der Waals surface area contributed by atoms with Gasteiger partial charge < -0.3 is 0 Å². The SMILES string of the molecule is C=CC(CC(=C)C)c1ccccc1. The number of hydrogen-bond donors (Lipinski definition) is 0. The lowest BCUT2D eigenvalue weighted by Gasteiger charge is -2.12. The van der Waals surface area contributed by atoms with Gasteiger partial charge in [0, 0.05) is 5.92 Å². The zero-order chi connectivity index (χ0) is 9.68. The smallest absolute Gasteiger partial charge is 0.00522 e. The third kappa shape index (κ3) is 2.90. The molecule has 68 valence electrons. The van der Waals surface area contributed by atoms with Crippen LogP contribution in [0.4, 0.5) is 0 Å². The summed E-state index contributed by atoms with van der Waals surface area (Å²) in [5.41, 5.74) is 2.52. The Labute approximate surface area is 80.6 Å². The molecule has 0 N–H and O–H groups in total. The Morgan fingerprint density at radius 3 is 2.46 bits per heavy atom. The normalized spacial score (nSPS) is 12.1. The Kier molecular flexibility index (Phi) is 3.51. The van der Waals surface area contributed by atoms with E-state index < -0.39 is 0 Å². The van der Waals surface area contributed by atoms with Crippen LogP contribution in [0.2, 0.25) is 0 Å². The van der Waals surface area contributed by atoms with Gasteiger partial charge in [0.05, 0.1) is 0 Å². The fourth-order valence-corrected chi connectivity index (χ4v) is 1.41. The van der Waals surface area contributed by atoms with Gasteiger partial charge in [-0.15, -0.1) is 13.2 Å². The first-order chi connectivity index (χ1) is 6.24. The summed E-state index contributed by atoms with van der Waals surface area (Å²) >= 11 is 0. The predicted octanol–water partition coefficient (Wildman–Crippen LogP) is 3.92. The zero-order valence-corrected chi connectivity index (χ0v) is 8.16. The van der Waals surface area contributed by atoms with Crippen molar-refractivity contribution in [2.75, 3.05) is 0 Å². The molecule has 1 atom stereocenters. The largest absolute Gasteiger partial charge is 0.102 e. The number of allylic oxidation sites excluding steroid dienone is 2. The summed E-state index contributed by atoms with van der Waals surface area (Å²) in [4.78, 5) is 0. The molecule has 1 unspecified atom stereocenters. The first-order valence-corrected chi connectivity index (χ1v) is 4.56. The summed E-state index contributed by atoms with van der Waals surface area (Å²) in [5.74, 6) is 0.415. The van der Waals surface area contributed by atoms with Crippen molar-refractivity contribution in [3.63, 3.8) is 0 Å². The number of rotatable bonds is 4. The van der Waals surface area contributed by atoms with Crippen molar-refractivity contribution < 1.29 is 0 Å². The second-order valence-electron chi connectivity index (χ2n) is 3.41. The van der Waals surface area contributed by atoms with Crippen molar-refractivity contribution in [1.29, 1.82) is 0 Å². The Balaban J connectivity index is 2.78. The average molecular weight is 172 g/mol. The van der Waals surface area contributed by atoms with Gasteiger partial charge in [-0.25, -0.2) is 0 Å². The lowest BCUT2D eigenvalue weighted by atomic mass is 9.93. The molecule has 0 saturated heterocycles. The van der Waals surface area contributed by atoms with Crippen molar-refractivity contribution in [3.05, 3.63) is 60.7 Å². The first kappa shape index (κ1) is 9.79. The molecule has 0 aromatic heterocycles. The van der Waals surface area contributed by atoms with Crippen molar-refractivity contribution in [3.8, 4) is 0 Å². The highest BCUT2D eigenvalue weighted by atomic mass is 14.1. The maximum Gasteiger partial charge on any atom is 0.00522 e. The van der Waals surface area contributed by atoms with E-state index in [1.807, 2.05) is 12.1 Å². The van der Waals surface area contributed by atoms with Crippen LogP contribution in [0.5, 0.6) is 0 Å². The molecule has 0 fully saturated rings.